The van der Waals surface area contributed by atoms with Crippen LogP contribution >= 0.6 is 0 Å². The van der Waals surface area contributed by atoms with E-state index in [9.17, 15) is 4.79 Å². The highest BCUT2D eigenvalue weighted by Crippen LogP contribution is 2.22. The third kappa shape index (κ3) is 3.66. The lowest BCUT2D eigenvalue weighted by Gasteiger charge is -2.28. The summed E-state index contributed by atoms with van der Waals surface area (Å²) in [6, 6.07) is 7.24. The van der Waals surface area contributed by atoms with E-state index in [1.807, 2.05) is 45.9 Å². The van der Waals surface area contributed by atoms with Gasteiger partial charge in [-0.2, -0.15) is 0 Å². The Bertz CT molecular complexity index is 396. The Hall–Kier alpha value is -1.71. The molecule has 0 aliphatic rings. The second-order valence-electron chi connectivity index (χ2n) is 4.98. The van der Waals surface area contributed by atoms with E-state index in [4.69, 9.17) is 5.73 Å². The van der Waals surface area contributed by atoms with Gasteiger partial charge in [0.15, 0.2) is 0 Å². The Morgan fingerprint density at radius 2 is 1.94 bits per heavy atom. The molecule has 0 atom stereocenters. The van der Waals surface area contributed by atoms with Crippen LogP contribution in [-0.2, 0) is 0 Å². The highest BCUT2D eigenvalue weighted by molar-refractivity contribution is 5.95. The number of hydrogen-bond donors (Lipinski definition) is 2. The Morgan fingerprint density at radius 1 is 1.35 bits per heavy atom. The quantitative estimate of drug-likeness (QED) is 0.774. The largest absolute Gasteiger partial charge is 0.397 e. The van der Waals surface area contributed by atoms with Gasteiger partial charge in [-0.25, -0.2) is 4.79 Å². The van der Waals surface area contributed by atoms with E-state index >= 15 is 0 Å². The molecule has 0 fully saturated rings. The summed E-state index contributed by atoms with van der Waals surface area (Å²) in [5.74, 6) is 0. The summed E-state index contributed by atoms with van der Waals surface area (Å²) in [4.78, 5) is 13.7. The number of anilines is 2. The third-order valence-electron chi connectivity index (χ3n) is 2.27. The van der Waals surface area contributed by atoms with E-state index in [0.29, 0.717) is 12.2 Å². The molecule has 0 aliphatic carbocycles. The zero-order valence-corrected chi connectivity index (χ0v) is 10.9. The maximum Gasteiger partial charge on any atom is 0.322 e. The van der Waals surface area contributed by atoms with Crippen molar-refractivity contribution in [3.63, 3.8) is 0 Å². The predicted molar refractivity (Wildman–Crippen MR) is 72.2 cm³/mol. The van der Waals surface area contributed by atoms with Gasteiger partial charge in [-0.3, -0.25) is 4.90 Å². The van der Waals surface area contributed by atoms with Gasteiger partial charge in [0.05, 0.1) is 11.4 Å². The van der Waals surface area contributed by atoms with Crippen LogP contribution in [0.5, 0.6) is 0 Å². The molecular formula is C13H21N3O. The molecule has 2 amide bonds. The van der Waals surface area contributed by atoms with E-state index in [1.54, 1.807) is 11.0 Å². The molecule has 17 heavy (non-hydrogen) atoms. The lowest BCUT2D eigenvalue weighted by Crippen LogP contribution is -2.48. The van der Waals surface area contributed by atoms with Gasteiger partial charge < -0.3 is 11.1 Å². The summed E-state index contributed by atoms with van der Waals surface area (Å²) in [6.45, 7) is 8.36. The van der Waals surface area contributed by atoms with Crippen LogP contribution < -0.4 is 16.0 Å². The molecule has 0 bridgehead atoms. The maximum atomic E-state index is 12.1. The van der Waals surface area contributed by atoms with E-state index in [2.05, 4.69) is 5.32 Å². The molecule has 0 saturated carbocycles. The summed E-state index contributed by atoms with van der Waals surface area (Å²) in [5.41, 5.74) is 6.98. The summed E-state index contributed by atoms with van der Waals surface area (Å²) in [7, 11) is 0. The fourth-order valence-corrected chi connectivity index (χ4v) is 1.54. The number of amides is 2. The summed E-state index contributed by atoms with van der Waals surface area (Å²) >= 11 is 0. The van der Waals surface area contributed by atoms with Gasteiger partial charge in [-0.05, 0) is 39.8 Å². The van der Waals surface area contributed by atoms with Crippen LogP contribution in [0.2, 0.25) is 0 Å². The second kappa shape index (κ2) is 5.08. The van der Waals surface area contributed by atoms with Crippen molar-refractivity contribution in [2.75, 3.05) is 17.2 Å². The average molecular weight is 235 g/mol. The topological polar surface area (TPSA) is 58.4 Å². The molecule has 0 spiro atoms. The van der Waals surface area contributed by atoms with Crippen LogP contribution in [0, 0.1) is 0 Å². The van der Waals surface area contributed by atoms with Gasteiger partial charge in [-0.1, -0.05) is 12.1 Å². The number of hydrogen-bond acceptors (Lipinski definition) is 2. The number of nitrogen functional groups attached to an aromatic ring is 1. The first-order valence-corrected chi connectivity index (χ1v) is 5.79. The van der Waals surface area contributed by atoms with E-state index in [1.165, 1.54) is 0 Å². The molecule has 1 aromatic rings. The van der Waals surface area contributed by atoms with Crippen molar-refractivity contribution < 1.29 is 4.79 Å². The van der Waals surface area contributed by atoms with Gasteiger partial charge in [0.2, 0.25) is 0 Å². The van der Waals surface area contributed by atoms with Gasteiger partial charge in [0.25, 0.3) is 0 Å². The van der Waals surface area contributed by atoms with E-state index in [0.717, 1.165) is 5.69 Å². The van der Waals surface area contributed by atoms with Crippen LogP contribution in [0.4, 0.5) is 16.2 Å². The summed E-state index contributed by atoms with van der Waals surface area (Å²) in [5, 5.41) is 2.93. The normalized spacial score (nSPS) is 11.1. The number of nitrogens with zero attached hydrogens (tertiary/aromatic N) is 1. The molecule has 0 heterocycles. The molecule has 4 nitrogen and oxygen atoms in total. The number of carbonyl (C=O) groups excluding carboxylic acids is 1. The smallest absolute Gasteiger partial charge is 0.322 e. The van der Waals surface area contributed by atoms with Crippen molar-refractivity contribution in [1.82, 2.24) is 5.32 Å². The van der Waals surface area contributed by atoms with Crippen molar-refractivity contribution in [2.45, 2.75) is 33.2 Å². The first kappa shape index (κ1) is 13.4. The minimum Gasteiger partial charge on any atom is -0.397 e. The second-order valence-corrected chi connectivity index (χ2v) is 4.98. The predicted octanol–water partition coefficient (Wildman–Crippen LogP) is 2.60. The number of nitrogens with two attached hydrogens (primary N) is 1. The Morgan fingerprint density at radius 3 is 2.41 bits per heavy atom. The molecular weight excluding hydrogens is 214 g/mol. The van der Waals surface area contributed by atoms with Crippen molar-refractivity contribution >= 4 is 17.4 Å². The minimum atomic E-state index is -0.256. The van der Waals surface area contributed by atoms with Crippen LogP contribution in [0.15, 0.2) is 24.3 Å². The zero-order chi connectivity index (χ0) is 13.1. The fourth-order valence-electron chi connectivity index (χ4n) is 1.54. The van der Waals surface area contributed by atoms with Crippen molar-refractivity contribution in [3.8, 4) is 0 Å². The van der Waals surface area contributed by atoms with Gasteiger partial charge in [0, 0.05) is 12.1 Å². The van der Waals surface area contributed by atoms with Crippen LogP contribution in [0.1, 0.15) is 27.7 Å². The van der Waals surface area contributed by atoms with Crippen molar-refractivity contribution in [2.24, 2.45) is 0 Å². The van der Waals surface area contributed by atoms with Gasteiger partial charge in [0.1, 0.15) is 0 Å². The first-order chi connectivity index (χ1) is 7.85. The first-order valence-electron chi connectivity index (χ1n) is 5.79. The zero-order valence-electron chi connectivity index (χ0n) is 10.9. The standard InChI is InChI=1S/C13H21N3O/c1-5-16(12(17)15-13(2,3)4)11-9-7-6-8-10(11)14/h6-9H,5,14H2,1-4H3,(H,15,17). The number of para-hydroxylation sites is 2. The molecule has 4 heteroatoms. The highest BCUT2D eigenvalue weighted by atomic mass is 16.2. The van der Waals surface area contributed by atoms with Crippen LogP contribution in [0.3, 0.4) is 0 Å². The highest BCUT2D eigenvalue weighted by Gasteiger charge is 2.20. The minimum absolute atomic E-state index is 0.127. The maximum absolute atomic E-state index is 12.1. The molecule has 0 radical (unpaired) electrons. The summed E-state index contributed by atoms with van der Waals surface area (Å²) in [6.07, 6.45) is 0. The fraction of sp³-hybridized carbons (Fsp3) is 0.462. The number of urea groups is 1. The molecule has 0 aromatic heterocycles. The van der Waals surface area contributed by atoms with Crippen molar-refractivity contribution in [1.29, 1.82) is 0 Å². The number of carbonyl (C=O) groups is 1. The SMILES string of the molecule is CCN(C(=O)NC(C)(C)C)c1ccccc1N. The number of nitrogens with one attached hydrogen (secondary N) is 1. The lowest BCUT2D eigenvalue weighted by molar-refractivity contribution is 0.238. The lowest BCUT2D eigenvalue weighted by atomic mass is 10.1. The molecule has 3 N–H and O–H groups in total. The molecule has 1 rings (SSSR count). The third-order valence-corrected chi connectivity index (χ3v) is 2.27. The average Bonchev–Trinajstić information content (AvgIpc) is 2.19. The number of benzene rings is 1. The Labute approximate surface area is 103 Å². The van der Waals surface area contributed by atoms with Crippen LogP contribution in [-0.4, -0.2) is 18.1 Å². The Kier molecular flexibility index (Phi) is 3.99. The van der Waals surface area contributed by atoms with Crippen molar-refractivity contribution in [3.05, 3.63) is 24.3 Å². The summed E-state index contributed by atoms with van der Waals surface area (Å²) < 4.78 is 0. The van der Waals surface area contributed by atoms with E-state index < -0.39 is 0 Å². The molecule has 0 aliphatic heterocycles. The van der Waals surface area contributed by atoms with E-state index in [-0.39, 0.29) is 11.6 Å². The molecule has 94 valence electrons. The molecule has 0 saturated heterocycles. The van der Waals surface area contributed by atoms with Gasteiger partial charge >= 0.3 is 6.03 Å². The monoisotopic (exact) mass is 235 g/mol. The Balaban J connectivity index is 2.93. The van der Waals surface area contributed by atoms with Gasteiger partial charge in [-0.15, -0.1) is 0 Å². The van der Waals surface area contributed by atoms with Crippen LogP contribution in [0.25, 0.3) is 0 Å². The molecule has 0 unspecified atom stereocenters. The molecule has 1 aromatic carbocycles. The number of rotatable bonds is 2.